The lowest BCUT2D eigenvalue weighted by molar-refractivity contribution is 0.0558. The van der Waals surface area contributed by atoms with E-state index in [-0.39, 0.29) is 17.5 Å². The van der Waals surface area contributed by atoms with Gasteiger partial charge in [-0.2, -0.15) is 16.3 Å². The first-order valence-corrected chi connectivity index (χ1v) is 8.88. The second kappa shape index (κ2) is 5.95. The van der Waals surface area contributed by atoms with Gasteiger partial charge in [0.1, 0.15) is 0 Å². The number of hydrogen-bond donors (Lipinski definition) is 0. The van der Waals surface area contributed by atoms with Crippen molar-refractivity contribution in [2.45, 2.75) is 5.92 Å². The van der Waals surface area contributed by atoms with E-state index in [9.17, 15) is 4.79 Å². The molecule has 0 radical (unpaired) electrons. The highest BCUT2D eigenvalue weighted by atomic mass is 32.1. The molecule has 1 saturated heterocycles. The second-order valence-corrected chi connectivity index (χ2v) is 6.71. The Balaban J connectivity index is 1.25. The lowest BCUT2D eigenvalue weighted by atomic mass is 9.99. The molecule has 0 atom stereocenters. The van der Waals surface area contributed by atoms with Gasteiger partial charge in [-0.1, -0.05) is 10.3 Å². The van der Waals surface area contributed by atoms with Gasteiger partial charge in [0.2, 0.25) is 17.5 Å². The summed E-state index contributed by atoms with van der Waals surface area (Å²) in [5, 5.41) is 11.8. The summed E-state index contributed by atoms with van der Waals surface area (Å²) in [4.78, 5) is 18.6. The Morgan fingerprint density at radius 2 is 2.12 bits per heavy atom. The van der Waals surface area contributed by atoms with E-state index in [2.05, 4.69) is 15.3 Å². The maximum Gasteiger partial charge on any atom is 0.276 e. The molecule has 4 aromatic rings. The van der Waals surface area contributed by atoms with E-state index in [1.54, 1.807) is 34.4 Å². The van der Waals surface area contributed by atoms with Gasteiger partial charge in [0.05, 0.1) is 12.2 Å². The monoisotopic (exact) mass is 368 g/mol. The van der Waals surface area contributed by atoms with Crippen molar-refractivity contribution in [1.82, 2.24) is 20.2 Å². The molecule has 4 aromatic heterocycles. The summed E-state index contributed by atoms with van der Waals surface area (Å²) in [6.45, 7) is 1.01. The number of aromatic nitrogens is 3. The summed E-state index contributed by atoms with van der Waals surface area (Å²) in [6, 6.07) is 7.01. The molecule has 0 bridgehead atoms. The zero-order valence-corrected chi connectivity index (χ0v) is 14.2. The van der Waals surface area contributed by atoms with Crippen LogP contribution in [0.15, 0.2) is 54.8 Å². The summed E-state index contributed by atoms with van der Waals surface area (Å²) in [5.41, 5.74) is 1.18. The fourth-order valence-electron chi connectivity index (χ4n) is 2.78. The summed E-state index contributed by atoms with van der Waals surface area (Å²) in [5.74, 6) is 1.92. The molecule has 1 aliphatic heterocycles. The molecule has 1 fully saturated rings. The van der Waals surface area contributed by atoms with Gasteiger partial charge in [0, 0.05) is 30.1 Å². The van der Waals surface area contributed by atoms with Gasteiger partial charge in [-0.3, -0.25) is 4.79 Å². The zero-order chi connectivity index (χ0) is 17.5. The number of rotatable bonds is 4. The molecule has 0 spiro atoms. The minimum absolute atomic E-state index is 0.0373. The van der Waals surface area contributed by atoms with Crippen LogP contribution in [-0.2, 0) is 0 Å². The zero-order valence-electron chi connectivity index (χ0n) is 13.4. The molecular formula is C17H12N4O4S. The molecule has 0 saturated carbocycles. The molecule has 0 N–H and O–H groups in total. The number of thiophene rings is 1. The van der Waals surface area contributed by atoms with Crippen molar-refractivity contribution < 1.29 is 18.3 Å². The van der Waals surface area contributed by atoms with E-state index in [1.165, 1.54) is 6.26 Å². The topological polar surface area (TPSA) is 98.4 Å². The molecular weight excluding hydrogens is 356 g/mol. The summed E-state index contributed by atoms with van der Waals surface area (Å²) < 4.78 is 15.7. The summed E-state index contributed by atoms with van der Waals surface area (Å²) >= 11 is 1.58. The molecule has 1 aliphatic rings. The maximum absolute atomic E-state index is 12.5. The lowest BCUT2D eigenvalue weighted by Gasteiger charge is -2.36. The van der Waals surface area contributed by atoms with Gasteiger partial charge in [-0.05, 0) is 23.6 Å². The van der Waals surface area contributed by atoms with Crippen LogP contribution in [0.4, 0.5) is 0 Å². The maximum atomic E-state index is 12.5. The fourth-order valence-corrected chi connectivity index (χ4v) is 3.42. The van der Waals surface area contributed by atoms with Crippen LogP contribution in [-0.4, -0.2) is 39.2 Å². The highest BCUT2D eigenvalue weighted by molar-refractivity contribution is 7.08. The third-order valence-corrected chi connectivity index (χ3v) is 4.92. The van der Waals surface area contributed by atoms with Gasteiger partial charge in [-0.25, -0.2) is 0 Å². The lowest BCUT2D eigenvalue weighted by Crippen LogP contribution is -2.48. The quantitative estimate of drug-likeness (QED) is 0.545. The molecule has 5 rings (SSSR count). The minimum Gasteiger partial charge on any atom is -0.461 e. The van der Waals surface area contributed by atoms with Gasteiger partial charge < -0.3 is 18.4 Å². The SMILES string of the molecule is O=C(c1cc(-c2ccco2)on1)N1CC(c2nc(-c3ccsc3)no2)C1. The van der Waals surface area contributed by atoms with Crippen LogP contribution in [0.5, 0.6) is 0 Å². The smallest absolute Gasteiger partial charge is 0.276 e. The van der Waals surface area contributed by atoms with Crippen LogP contribution in [0.3, 0.4) is 0 Å². The Labute approximate surface area is 151 Å². The van der Waals surface area contributed by atoms with E-state index in [4.69, 9.17) is 13.5 Å². The van der Waals surface area contributed by atoms with Crippen LogP contribution in [0.2, 0.25) is 0 Å². The van der Waals surface area contributed by atoms with Crippen LogP contribution in [0.1, 0.15) is 22.3 Å². The van der Waals surface area contributed by atoms with Crippen molar-refractivity contribution in [2.24, 2.45) is 0 Å². The highest BCUT2D eigenvalue weighted by Crippen LogP contribution is 2.30. The summed E-state index contributed by atoms with van der Waals surface area (Å²) in [6.07, 6.45) is 1.54. The number of furan rings is 1. The Morgan fingerprint density at radius 3 is 2.88 bits per heavy atom. The predicted octanol–water partition coefficient (Wildman–Crippen LogP) is 3.29. The molecule has 0 aliphatic carbocycles. The Hall–Kier alpha value is -3.20. The van der Waals surface area contributed by atoms with Gasteiger partial charge in [0.25, 0.3) is 5.91 Å². The van der Waals surface area contributed by atoms with E-state index in [0.29, 0.717) is 36.3 Å². The standard InChI is InChI=1S/C17H12N4O4S/c22-17(12-6-14(24-19-12)13-2-1-4-23-13)21-7-11(8-21)16-18-15(20-25-16)10-3-5-26-9-10/h1-6,9,11H,7-8H2. The molecule has 8 nitrogen and oxygen atoms in total. The van der Waals surface area contributed by atoms with Crippen LogP contribution in [0.25, 0.3) is 22.9 Å². The third-order valence-electron chi connectivity index (χ3n) is 4.23. The van der Waals surface area contributed by atoms with Crippen molar-refractivity contribution >= 4 is 17.2 Å². The van der Waals surface area contributed by atoms with Crippen molar-refractivity contribution in [2.75, 3.05) is 13.1 Å². The number of likely N-dealkylation sites (tertiary alicyclic amines) is 1. The fraction of sp³-hybridized carbons (Fsp3) is 0.176. The largest absolute Gasteiger partial charge is 0.461 e. The molecule has 1 amide bonds. The van der Waals surface area contributed by atoms with Gasteiger partial charge >= 0.3 is 0 Å². The number of carbonyl (C=O) groups excluding carboxylic acids is 1. The molecule has 0 unspecified atom stereocenters. The average Bonchev–Trinajstić information content (AvgIpc) is 3.40. The van der Waals surface area contributed by atoms with E-state index >= 15 is 0 Å². The first-order valence-electron chi connectivity index (χ1n) is 7.94. The first kappa shape index (κ1) is 15.1. The van der Waals surface area contributed by atoms with Crippen LogP contribution < -0.4 is 0 Å². The van der Waals surface area contributed by atoms with Crippen molar-refractivity contribution in [3.8, 4) is 22.9 Å². The van der Waals surface area contributed by atoms with Gasteiger partial charge in [0.15, 0.2) is 11.5 Å². The minimum atomic E-state index is -0.194. The normalized spacial score (nSPS) is 14.5. The molecule has 5 heterocycles. The number of amides is 1. The van der Waals surface area contributed by atoms with E-state index < -0.39 is 0 Å². The second-order valence-electron chi connectivity index (χ2n) is 5.93. The van der Waals surface area contributed by atoms with E-state index in [0.717, 1.165) is 5.56 Å². The van der Waals surface area contributed by atoms with Gasteiger partial charge in [-0.15, -0.1) is 0 Å². The Morgan fingerprint density at radius 1 is 1.19 bits per heavy atom. The molecule has 0 aromatic carbocycles. The van der Waals surface area contributed by atoms with E-state index in [1.807, 2.05) is 16.8 Å². The van der Waals surface area contributed by atoms with Crippen molar-refractivity contribution in [1.29, 1.82) is 0 Å². The Bertz CT molecular complexity index is 1030. The van der Waals surface area contributed by atoms with Crippen molar-refractivity contribution in [3.63, 3.8) is 0 Å². The Kier molecular flexibility index (Phi) is 3.45. The van der Waals surface area contributed by atoms with Crippen molar-refractivity contribution in [3.05, 3.63) is 52.9 Å². The number of carbonyl (C=O) groups is 1. The third kappa shape index (κ3) is 2.53. The predicted molar refractivity (Wildman–Crippen MR) is 90.5 cm³/mol. The molecule has 26 heavy (non-hydrogen) atoms. The number of nitrogens with zero attached hydrogens (tertiary/aromatic N) is 4. The van der Waals surface area contributed by atoms with Crippen LogP contribution >= 0.6 is 11.3 Å². The van der Waals surface area contributed by atoms with Crippen LogP contribution in [0, 0.1) is 0 Å². The highest BCUT2D eigenvalue weighted by Gasteiger charge is 2.37. The molecule has 130 valence electrons. The number of hydrogen-bond acceptors (Lipinski definition) is 8. The summed E-state index contributed by atoms with van der Waals surface area (Å²) in [7, 11) is 0. The molecule has 9 heteroatoms. The first-order chi connectivity index (χ1) is 12.8. The average molecular weight is 368 g/mol.